The van der Waals surface area contributed by atoms with E-state index in [4.69, 9.17) is 4.74 Å². The van der Waals surface area contributed by atoms with Crippen LogP contribution in [0.15, 0.2) is 41.8 Å². The maximum Gasteiger partial charge on any atom is 0.340 e. The fourth-order valence-corrected chi connectivity index (χ4v) is 2.97. The van der Waals surface area contributed by atoms with Gasteiger partial charge >= 0.3 is 5.97 Å². The van der Waals surface area contributed by atoms with Gasteiger partial charge in [-0.2, -0.15) is 0 Å². The molecule has 150 valence electrons. The number of rotatable bonds is 10. The highest BCUT2D eigenvalue weighted by atomic mass is 32.2. The molecule has 1 heterocycles. The second-order valence-electron chi connectivity index (χ2n) is 5.98. The number of anilines is 1. The Morgan fingerprint density at radius 3 is 2.71 bits per heavy atom. The van der Waals surface area contributed by atoms with Gasteiger partial charge in [0.25, 0.3) is 5.91 Å². The van der Waals surface area contributed by atoms with E-state index < -0.39 is 5.97 Å². The number of hydrogen-bond acceptors (Lipinski definition) is 6. The second kappa shape index (κ2) is 11.1. The first kappa shape index (κ1) is 21.5. The molecular weight excluding hydrogens is 380 g/mol. The first-order chi connectivity index (χ1) is 13.5. The molecule has 0 fully saturated rings. The highest BCUT2D eigenvalue weighted by molar-refractivity contribution is 7.99. The molecule has 0 saturated heterocycles. The van der Waals surface area contributed by atoms with Crippen LogP contribution in [0.1, 0.15) is 30.1 Å². The van der Waals surface area contributed by atoms with Crippen molar-refractivity contribution >= 4 is 35.2 Å². The van der Waals surface area contributed by atoms with E-state index in [1.807, 2.05) is 18.5 Å². The van der Waals surface area contributed by atoms with Crippen molar-refractivity contribution < 1.29 is 19.1 Å². The number of unbranched alkanes of at least 4 members (excludes halogenated alkanes) is 1. The number of thioether (sulfide) groups is 1. The van der Waals surface area contributed by atoms with Gasteiger partial charge in [-0.15, -0.1) is 0 Å². The third kappa shape index (κ3) is 6.73. The van der Waals surface area contributed by atoms with Crippen molar-refractivity contribution in [1.29, 1.82) is 0 Å². The summed E-state index contributed by atoms with van der Waals surface area (Å²) in [7, 11) is 1.84. The van der Waals surface area contributed by atoms with Crippen LogP contribution < -0.4 is 10.6 Å². The Bertz CT molecular complexity index is 822. The highest BCUT2D eigenvalue weighted by Crippen LogP contribution is 2.18. The number of nitrogens with one attached hydrogen (secondary N) is 2. The number of benzene rings is 1. The first-order valence-corrected chi connectivity index (χ1v) is 9.92. The van der Waals surface area contributed by atoms with Crippen LogP contribution in [0, 0.1) is 0 Å². The normalized spacial score (nSPS) is 10.4. The predicted octanol–water partition coefficient (Wildman–Crippen LogP) is 2.22. The van der Waals surface area contributed by atoms with E-state index in [-0.39, 0.29) is 29.7 Å². The summed E-state index contributed by atoms with van der Waals surface area (Å²) in [5.41, 5.74) is 0.531. The van der Waals surface area contributed by atoms with Gasteiger partial charge in [0.1, 0.15) is 0 Å². The minimum atomic E-state index is -0.668. The summed E-state index contributed by atoms with van der Waals surface area (Å²) < 4.78 is 6.87. The average Bonchev–Trinajstić information content (AvgIpc) is 3.10. The summed E-state index contributed by atoms with van der Waals surface area (Å²) in [6.07, 6.45) is 5.28. The molecule has 2 aromatic rings. The zero-order chi connectivity index (χ0) is 20.4. The Hall–Kier alpha value is -2.81. The molecule has 1 aromatic heterocycles. The van der Waals surface area contributed by atoms with Crippen LogP contribution in [0.2, 0.25) is 0 Å². The molecule has 8 nitrogen and oxygen atoms in total. The third-order valence-corrected chi connectivity index (χ3v) is 4.78. The number of hydrogen-bond donors (Lipinski definition) is 2. The number of aromatic nitrogens is 2. The lowest BCUT2D eigenvalue weighted by atomic mass is 10.2. The zero-order valence-corrected chi connectivity index (χ0v) is 16.8. The predicted molar refractivity (Wildman–Crippen MR) is 107 cm³/mol. The Balaban J connectivity index is 1.88. The van der Waals surface area contributed by atoms with Crippen LogP contribution in [-0.4, -0.2) is 46.2 Å². The van der Waals surface area contributed by atoms with E-state index >= 15 is 0 Å². The maximum atomic E-state index is 12.3. The molecule has 1 aromatic carbocycles. The molecule has 0 aliphatic heterocycles. The smallest absolute Gasteiger partial charge is 0.340 e. The molecule has 0 bridgehead atoms. The summed E-state index contributed by atoms with van der Waals surface area (Å²) in [5, 5.41) is 6.10. The van der Waals surface area contributed by atoms with Gasteiger partial charge in [0.15, 0.2) is 11.8 Å². The number of carbonyl (C=O) groups is 3. The lowest BCUT2D eigenvalue weighted by molar-refractivity contribution is -0.124. The van der Waals surface area contributed by atoms with Gasteiger partial charge in [0.05, 0.1) is 17.0 Å². The Morgan fingerprint density at radius 2 is 2.00 bits per heavy atom. The number of carbonyl (C=O) groups excluding carboxylic acids is 3. The minimum Gasteiger partial charge on any atom is -0.452 e. The topological polar surface area (TPSA) is 102 Å². The molecule has 0 aliphatic rings. The largest absolute Gasteiger partial charge is 0.452 e. The van der Waals surface area contributed by atoms with E-state index in [1.54, 1.807) is 36.7 Å². The van der Waals surface area contributed by atoms with Crippen LogP contribution in [0.4, 0.5) is 5.69 Å². The summed E-state index contributed by atoms with van der Waals surface area (Å²) in [6.45, 7) is 2.21. The summed E-state index contributed by atoms with van der Waals surface area (Å²) >= 11 is 1.29. The lowest BCUT2D eigenvalue weighted by Gasteiger charge is -2.11. The number of aryl methyl sites for hydroxylation is 1. The van der Waals surface area contributed by atoms with Crippen molar-refractivity contribution in [2.24, 2.45) is 7.05 Å². The fraction of sp³-hybridized carbons (Fsp3) is 0.368. The number of nitrogens with zero attached hydrogens (tertiary/aromatic N) is 2. The molecule has 2 rings (SSSR count). The van der Waals surface area contributed by atoms with Crippen molar-refractivity contribution in [2.75, 3.05) is 24.2 Å². The van der Waals surface area contributed by atoms with E-state index in [9.17, 15) is 14.4 Å². The van der Waals surface area contributed by atoms with E-state index in [0.29, 0.717) is 12.2 Å². The van der Waals surface area contributed by atoms with Crippen LogP contribution in [0.25, 0.3) is 0 Å². The molecule has 28 heavy (non-hydrogen) atoms. The molecular formula is C19H24N4O4S. The summed E-state index contributed by atoms with van der Waals surface area (Å²) in [4.78, 5) is 40.3. The standard InChI is InChI=1S/C19H24N4O4S/c1-3-4-9-20-16(24)12-27-18(26)14-7-5-6-8-15(14)22-17(25)13-28-19-21-10-11-23(19)2/h5-8,10-11H,3-4,9,12-13H2,1-2H3,(H,20,24)(H,22,25). The number of para-hydroxylation sites is 1. The van der Waals surface area contributed by atoms with Gasteiger partial charge < -0.3 is 19.9 Å². The maximum absolute atomic E-state index is 12.3. The van der Waals surface area contributed by atoms with E-state index in [1.165, 1.54) is 11.8 Å². The molecule has 0 radical (unpaired) electrons. The van der Waals surface area contributed by atoms with Gasteiger partial charge in [0.2, 0.25) is 5.91 Å². The lowest BCUT2D eigenvalue weighted by Crippen LogP contribution is -2.29. The molecule has 0 saturated carbocycles. The Kier molecular flexibility index (Phi) is 8.54. The van der Waals surface area contributed by atoms with Crippen molar-refractivity contribution in [2.45, 2.75) is 24.9 Å². The van der Waals surface area contributed by atoms with Gasteiger partial charge in [-0.1, -0.05) is 37.2 Å². The van der Waals surface area contributed by atoms with Crippen LogP contribution >= 0.6 is 11.8 Å². The number of esters is 1. The number of imidazole rings is 1. The van der Waals surface area contributed by atoms with E-state index in [0.717, 1.165) is 18.0 Å². The third-order valence-electron chi connectivity index (χ3n) is 3.72. The van der Waals surface area contributed by atoms with Crippen LogP contribution in [0.5, 0.6) is 0 Å². The van der Waals surface area contributed by atoms with Crippen molar-refractivity contribution in [3.63, 3.8) is 0 Å². The molecule has 2 N–H and O–H groups in total. The van der Waals surface area contributed by atoms with E-state index in [2.05, 4.69) is 15.6 Å². The quantitative estimate of drug-likeness (QED) is 0.358. The molecule has 0 spiro atoms. The minimum absolute atomic E-state index is 0.147. The highest BCUT2D eigenvalue weighted by Gasteiger charge is 2.16. The van der Waals surface area contributed by atoms with Crippen LogP contribution in [0.3, 0.4) is 0 Å². The molecule has 0 aliphatic carbocycles. The number of ether oxygens (including phenoxy) is 1. The van der Waals surface area contributed by atoms with Gasteiger partial charge in [0, 0.05) is 26.0 Å². The molecule has 2 amide bonds. The first-order valence-electron chi connectivity index (χ1n) is 8.94. The van der Waals surface area contributed by atoms with Gasteiger partial charge in [-0.25, -0.2) is 9.78 Å². The molecule has 0 atom stereocenters. The second-order valence-corrected chi connectivity index (χ2v) is 6.93. The summed E-state index contributed by atoms with van der Waals surface area (Å²) in [6, 6.07) is 6.52. The monoisotopic (exact) mass is 404 g/mol. The number of amides is 2. The van der Waals surface area contributed by atoms with Crippen molar-refractivity contribution in [3.8, 4) is 0 Å². The van der Waals surface area contributed by atoms with Crippen molar-refractivity contribution in [1.82, 2.24) is 14.9 Å². The van der Waals surface area contributed by atoms with Gasteiger partial charge in [-0.05, 0) is 18.6 Å². The Labute approximate surface area is 168 Å². The van der Waals surface area contributed by atoms with Crippen molar-refractivity contribution in [3.05, 3.63) is 42.2 Å². The SMILES string of the molecule is CCCCNC(=O)COC(=O)c1ccccc1NC(=O)CSc1nccn1C. The Morgan fingerprint density at radius 1 is 1.21 bits per heavy atom. The molecule has 9 heteroatoms. The van der Waals surface area contributed by atoms with Crippen LogP contribution in [-0.2, 0) is 21.4 Å². The zero-order valence-electron chi connectivity index (χ0n) is 15.9. The fourth-order valence-electron chi connectivity index (χ4n) is 2.24. The van der Waals surface area contributed by atoms with Gasteiger partial charge in [-0.3, -0.25) is 9.59 Å². The molecule has 0 unspecified atom stereocenters. The summed E-state index contributed by atoms with van der Waals surface area (Å²) in [5.74, 6) is -1.15. The average molecular weight is 404 g/mol.